The predicted octanol–water partition coefficient (Wildman–Crippen LogP) is 8.30. The second-order valence-corrected chi connectivity index (χ2v) is 9.16. The van der Waals surface area contributed by atoms with Crippen molar-refractivity contribution in [1.29, 1.82) is 0 Å². The van der Waals surface area contributed by atoms with Crippen LogP contribution in [0.3, 0.4) is 0 Å². The van der Waals surface area contributed by atoms with Gasteiger partial charge in [-0.15, -0.1) is 0 Å². The fourth-order valence-corrected chi connectivity index (χ4v) is 4.52. The van der Waals surface area contributed by atoms with Gasteiger partial charge < -0.3 is 0 Å². The zero-order valence-corrected chi connectivity index (χ0v) is 19.8. The number of hydrogen-bond acceptors (Lipinski definition) is 3. The number of aromatic nitrogens is 3. The molecule has 0 spiro atoms. The Morgan fingerprint density at radius 2 is 0.971 bits per heavy atom. The third-order valence-electron chi connectivity index (χ3n) is 6.40. The fourth-order valence-electron chi connectivity index (χ4n) is 4.52. The van der Waals surface area contributed by atoms with E-state index in [0.29, 0.717) is 11.6 Å². The van der Waals surface area contributed by atoms with Gasteiger partial charge >= 0.3 is 0 Å². The lowest BCUT2D eigenvalue weighted by Gasteiger charge is -2.11. The molecule has 0 saturated heterocycles. The van der Waals surface area contributed by atoms with Crippen LogP contribution >= 0.6 is 0 Å². The number of nitrogens with zero attached hydrogens (tertiary/aromatic N) is 3. The van der Waals surface area contributed by atoms with Crippen molar-refractivity contribution in [2.75, 3.05) is 0 Å². The Balaban J connectivity index is 1.46. The molecule has 3 nitrogen and oxygen atoms in total. The van der Waals surface area contributed by atoms with E-state index in [1.54, 1.807) is 0 Å². The second kappa shape index (κ2) is 8.77. The van der Waals surface area contributed by atoms with E-state index in [1.807, 2.05) is 30.3 Å². The molecule has 5 aromatic carbocycles. The van der Waals surface area contributed by atoms with Crippen LogP contribution in [-0.2, 0) is 0 Å². The van der Waals surface area contributed by atoms with Gasteiger partial charge in [0.15, 0.2) is 11.6 Å². The molecule has 3 heteroatoms. The van der Waals surface area contributed by atoms with Crippen LogP contribution in [0.25, 0.3) is 55.4 Å². The van der Waals surface area contributed by atoms with Crippen molar-refractivity contribution in [2.45, 2.75) is 19.8 Å². The largest absolute Gasteiger partial charge is 0.213 e. The highest BCUT2D eigenvalue weighted by Crippen LogP contribution is 2.32. The second-order valence-electron chi connectivity index (χ2n) is 9.16. The smallest absolute Gasteiger partial charge is 0.163 e. The Kier molecular flexibility index (Phi) is 5.31. The molecule has 0 aliphatic carbocycles. The molecule has 0 N–H and O–H groups in total. The summed E-state index contributed by atoms with van der Waals surface area (Å²) in [6, 6.07) is 38.2. The summed E-state index contributed by atoms with van der Waals surface area (Å²) in [5.74, 6) is 2.44. The zero-order chi connectivity index (χ0) is 23.8. The maximum Gasteiger partial charge on any atom is 0.163 e. The van der Waals surface area contributed by atoms with Crippen molar-refractivity contribution in [3.8, 4) is 33.9 Å². The maximum absolute atomic E-state index is 4.85. The first-order chi connectivity index (χ1) is 17.2. The Bertz CT molecular complexity index is 1660. The summed E-state index contributed by atoms with van der Waals surface area (Å²) in [6.07, 6.45) is 0. The van der Waals surface area contributed by atoms with Crippen LogP contribution < -0.4 is 0 Å². The normalized spacial score (nSPS) is 11.4. The van der Waals surface area contributed by atoms with E-state index in [-0.39, 0.29) is 5.92 Å². The molecule has 0 saturated carbocycles. The molecule has 0 aliphatic rings. The summed E-state index contributed by atoms with van der Waals surface area (Å²) < 4.78 is 0. The first kappa shape index (κ1) is 21.2. The molecule has 1 aromatic heterocycles. The van der Waals surface area contributed by atoms with Crippen LogP contribution in [0.15, 0.2) is 109 Å². The molecular weight excluding hydrogens is 426 g/mol. The molecular formula is C32H25N3. The van der Waals surface area contributed by atoms with E-state index < -0.39 is 0 Å². The minimum atomic E-state index is 0.211. The van der Waals surface area contributed by atoms with Crippen molar-refractivity contribution in [2.24, 2.45) is 0 Å². The molecule has 35 heavy (non-hydrogen) atoms. The minimum absolute atomic E-state index is 0.211. The lowest BCUT2D eigenvalue weighted by atomic mass is 9.96. The lowest BCUT2D eigenvalue weighted by Crippen LogP contribution is -2.04. The molecule has 1 heterocycles. The van der Waals surface area contributed by atoms with Crippen molar-refractivity contribution in [3.05, 3.63) is 115 Å². The van der Waals surface area contributed by atoms with Gasteiger partial charge in [-0.25, -0.2) is 15.0 Å². The summed E-state index contributed by atoms with van der Waals surface area (Å²) >= 11 is 0. The van der Waals surface area contributed by atoms with Crippen LogP contribution in [-0.4, -0.2) is 15.0 Å². The van der Waals surface area contributed by atoms with Crippen molar-refractivity contribution < 1.29 is 0 Å². The Morgan fingerprint density at radius 1 is 0.457 bits per heavy atom. The van der Waals surface area contributed by atoms with Crippen molar-refractivity contribution in [3.63, 3.8) is 0 Å². The maximum atomic E-state index is 4.85. The van der Waals surface area contributed by atoms with E-state index in [9.17, 15) is 0 Å². The van der Waals surface area contributed by atoms with Gasteiger partial charge in [-0.3, -0.25) is 0 Å². The highest BCUT2D eigenvalue weighted by Gasteiger charge is 2.13. The third kappa shape index (κ3) is 4.06. The summed E-state index contributed by atoms with van der Waals surface area (Å²) in [5.41, 5.74) is 4.46. The highest BCUT2D eigenvalue weighted by atomic mass is 15.0. The molecule has 0 unspecified atom stereocenters. The van der Waals surface area contributed by atoms with Crippen LogP contribution in [0.5, 0.6) is 0 Å². The quantitative estimate of drug-likeness (QED) is 0.253. The van der Waals surface area contributed by atoms with Gasteiger partial charge in [0.05, 0.1) is 0 Å². The molecule has 6 rings (SSSR count). The zero-order valence-electron chi connectivity index (χ0n) is 19.8. The van der Waals surface area contributed by atoms with Gasteiger partial charge in [0, 0.05) is 17.0 Å². The predicted molar refractivity (Wildman–Crippen MR) is 145 cm³/mol. The van der Waals surface area contributed by atoms with E-state index in [4.69, 9.17) is 15.0 Å². The Hall–Kier alpha value is -4.37. The average molecular weight is 452 g/mol. The van der Waals surface area contributed by atoms with Gasteiger partial charge in [-0.2, -0.15) is 0 Å². The van der Waals surface area contributed by atoms with Gasteiger partial charge in [0.25, 0.3) is 0 Å². The number of rotatable bonds is 4. The molecule has 0 amide bonds. The topological polar surface area (TPSA) is 38.7 Å². The van der Waals surface area contributed by atoms with E-state index in [2.05, 4.69) is 92.7 Å². The minimum Gasteiger partial charge on any atom is -0.213 e. The molecule has 168 valence electrons. The molecule has 0 bridgehead atoms. The monoisotopic (exact) mass is 451 g/mol. The van der Waals surface area contributed by atoms with E-state index in [1.165, 1.54) is 32.7 Å². The third-order valence-corrected chi connectivity index (χ3v) is 6.40. The van der Waals surface area contributed by atoms with E-state index >= 15 is 0 Å². The van der Waals surface area contributed by atoms with Crippen LogP contribution in [0.2, 0.25) is 0 Å². The van der Waals surface area contributed by atoms with Gasteiger partial charge in [-0.1, -0.05) is 111 Å². The number of benzene rings is 5. The molecule has 0 fully saturated rings. The van der Waals surface area contributed by atoms with Crippen LogP contribution in [0.4, 0.5) is 0 Å². The Morgan fingerprint density at radius 3 is 1.57 bits per heavy atom. The lowest BCUT2D eigenvalue weighted by molar-refractivity contribution is 0.766. The van der Waals surface area contributed by atoms with Crippen LogP contribution in [0.1, 0.15) is 25.6 Å². The standard InChI is InChI=1S/C32H25N3/c1-21(2)30-33-31(23-11-7-4-8-12-23)35-32(34-30)27-16-18-29-26(20-27)14-13-25-19-24(15-17-28(25)29)22-9-5-3-6-10-22/h3-21H,1-2H3. The van der Waals surface area contributed by atoms with Gasteiger partial charge in [0.2, 0.25) is 0 Å². The highest BCUT2D eigenvalue weighted by molar-refractivity contribution is 6.09. The first-order valence-corrected chi connectivity index (χ1v) is 12.0. The van der Waals surface area contributed by atoms with E-state index in [0.717, 1.165) is 17.0 Å². The van der Waals surface area contributed by atoms with Gasteiger partial charge in [0.1, 0.15) is 5.82 Å². The summed E-state index contributed by atoms with van der Waals surface area (Å²) in [7, 11) is 0. The Labute approximate surface area is 205 Å². The molecule has 0 radical (unpaired) electrons. The first-order valence-electron chi connectivity index (χ1n) is 12.0. The molecule has 0 aliphatic heterocycles. The summed E-state index contributed by atoms with van der Waals surface area (Å²) in [5, 5.41) is 4.89. The molecule has 6 aromatic rings. The fraction of sp³-hybridized carbons (Fsp3) is 0.0938. The summed E-state index contributed by atoms with van der Waals surface area (Å²) in [6.45, 7) is 4.23. The molecule has 0 atom stereocenters. The van der Waals surface area contributed by atoms with Crippen LogP contribution in [0, 0.1) is 0 Å². The SMILES string of the molecule is CC(C)c1nc(-c2ccccc2)nc(-c2ccc3c(ccc4cc(-c5ccccc5)ccc43)c2)n1. The number of fused-ring (bicyclic) bond motifs is 3. The van der Waals surface area contributed by atoms with Crippen molar-refractivity contribution in [1.82, 2.24) is 15.0 Å². The average Bonchev–Trinajstić information content (AvgIpc) is 2.93. The van der Waals surface area contributed by atoms with Gasteiger partial charge in [-0.05, 0) is 44.8 Å². The number of hydrogen-bond donors (Lipinski definition) is 0. The summed E-state index contributed by atoms with van der Waals surface area (Å²) in [4.78, 5) is 14.4. The van der Waals surface area contributed by atoms with Crippen molar-refractivity contribution >= 4 is 21.5 Å².